The predicted octanol–water partition coefficient (Wildman–Crippen LogP) is 2.73. The molecule has 0 saturated carbocycles. The van der Waals surface area contributed by atoms with Gasteiger partial charge in [0.15, 0.2) is 0 Å². The second-order valence-electron chi connectivity index (χ2n) is 7.08. The summed E-state index contributed by atoms with van der Waals surface area (Å²) in [6.07, 6.45) is 0.787. The van der Waals surface area contributed by atoms with Gasteiger partial charge in [0.05, 0.1) is 13.2 Å². The standard InChI is InChI=1S/C19H20O3/c1-18(2)11-21-19(22-12-18)16-10-9-14(20)8-7-13-5-3-4-6-15(13)17(16)19/h3-6,14,20H,9-12H2,1-2H3. The van der Waals surface area contributed by atoms with E-state index in [0.29, 0.717) is 19.6 Å². The number of aliphatic hydroxyl groups is 1. The summed E-state index contributed by atoms with van der Waals surface area (Å²) >= 11 is 0. The summed E-state index contributed by atoms with van der Waals surface area (Å²) in [7, 11) is 0. The number of benzene rings is 1. The van der Waals surface area contributed by atoms with Crippen LogP contribution in [0.3, 0.4) is 0 Å². The molecule has 1 aliphatic heterocycles. The fourth-order valence-electron chi connectivity index (χ4n) is 3.24. The normalized spacial score (nSPS) is 27.7. The summed E-state index contributed by atoms with van der Waals surface area (Å²) in [5, 5.41) is 9.99. The van der Waals surface area contributed by atoms with Crippen molar-refractivity contribution in [2.24, 2.45) is 5.41 Å². The van der Waals surface area contributed by atoms with Gasteiger partial charge in [-0.2, -0.15) is 0 Å². The van der Waals surface area contributed by atoms with Crippen LogP contribution in [-0.2, 0) is 9.47 Å². The van der Waals surface area contributed by atoms with E-state index in [9.17, 15) is 5.11 Å². The zero-order chi connectivity index (χ0) is 15.4. The van der Waals surface area contributed by atoms with Crippen LogP contribution in [0.2, 0.25) is 0 Å². The molecule has 22 heavy (non-hydrogen) atoms. The average Bonchev–Trinajstić information content (AvgIpc) is 3.11. The van der Waals surface area contributed by atoms with Gasteiger partial charge >= 0.3 is 0 Å². The van der Waals surface area contributed by atoms with Gasteiger partial charge in [-0.3, -0.25) is 0 Å². The molecule has 1 N–H and O–H groups in total. The highest BCUT2D eigenvalue weighted by molar-refractivity contribution is 5.93. The highest BCUT2D eigenvalue weighted by Crippen LogP contribution is 2.59. The van der Waals surface area contributed by atoms with Crippen molar-refractivity contribution in [2.75, 3.05) is 13.2 Å². The third kappa shape index (κ3) is 2.11. The van der Waals surface area contributed by atoms with E-state index < -0.39 is 11.9 Å². The Morgan fingerprint density at radius 1 is 1.18 bits per heavy atom. The summed E-state index contributed by atoms with van der Waals surface area (Å²) in [6.45, 7) is 5.65. The summed E-state index contributed by atoms with van der Waals surface area (Å²) < 4.78 is 12.3. The number of aliphatic hydroxyl groups excluding tert-OH is 1. The fraction of sp³-hybridized carbons (Fsp3) is 0.474. The van der Waals surface area contributed by atoms with Crippen LogP contribution < -0.4 is 0 Å². The first-order chi connectivity index (χ1) is 10.5. The summed E-state index contributed by atoms with van der Waals surface area (Å²) in [6, 6.07) is 8.04. The largest absolute Gasteiger partial charge is 0.380 e. The SMILES string of the molecule is CC1(C)COC2(OC1)C1=C2c2ccccc2C#CC(O)CC1. The number of fused-ring (bicyclic) bond motifs is 4. The molecule has 3 aliphatic rings. The van der Waals surface area contributed by atoms with Crippen LogP contribution in [0.1, 0.15) is 37.8 Å². The number of ether oxygens (including phenoxy) is 2. The van der Waals surface area contributed by atoms with Gasteiger partial charge in [-0.15, -0.1) is 0 Å². The molecular formula is C19H20O3. The highest BCUT2D eigenvalue weighted by atomic mass is 16.7. The summed E-state index contributed by atoms with van der Waals surface area (Å²) in [4.78, 5) is 0. The molecule has 1 spiro atoms. The van der Waals surface area contributed by atoms with Crippen molar-refractivity contribution in [1.82, 2.24) is 0 Å². The van der Waals surface area contributed by atoms with Crippen molar-refractivity contribution in [3.63, 3.8) is 0 Å². The van der Waals surface area contributed by atoms with E-state index in [2.05, 4.69) is 31.8 Å². The maximum absolute atomic E-state index is 9.99. The molecule has 1 fully saturated rings. The van der Waals surface area contributed by atoms with Crippen molar-refractivity contribution in [3.8, 4) is 11.8 Å². The molecule has 0 bridgehead atoms. The van der Waals surface area contributed by atoms with Crippen LogP contribution in [0.25, 0.3) is 5.57 Å². The van der Waals surface area contributed by atoms with E-state index in [0.717, 1.165) is 23.1 Å². The van der Waals surface area contributed by atoms with E-state index in [1.807, 2.05) is 18.2 Å². The molecule has 1 atom stereocenters. The molecule has 4 rings (SSSR count). The molecule has 114 valence electrons. The van der Waals surface area contributed by atoms with Crippen LogP contribution in [0.15, 0.2) is 29.8 Å². The molecule has 1 unspecified atom stereocenters. The molecule has 0 aromatic heterocycles. The first-order valence-corrected chi connectivity index (χ1v) is 7.83. The van der Waals surface area contributed by atoms with E-state index >= 15 is 0 Å². The maximum atomic E-state index is 9.99. The van der Waals surface area contributed by atoms with E-state index in [1.165, 1.54) is 5.57 Å². The van der Waals surface area contributed by atoms with Crippen LogP contribution in [0.5, 0.6) is 0 Å². The predicted molar refractivity (Wildman–Crippen MR) is 83.9 cm³/mol. The van der Waals surface area contributed by atoms with Crippen LogP contribution in [-0.4, -0.2) is 30.2 Å². The summed E-state index contributed by atoms with van der Waals surface area (Å²) in [5.74, 6) is 5.37. The highest BCUT2D eigenvalue weighted by Gasteiger charge is 2.59. The molecule has 1 saturated heterocycles. The number of hydrogen-bond donors (Lipinski definition) is 1. The zero-order valence-electron chi connectivity index (χ0n) is 13.0. The van der Waals surface area contributed by atoms with Gasteiger partial charge in [0.1, 0.15) is 6.10 Å². The molecule has 1 aromatic carbocycles. The Balaban J connectivity index is 1.74. The van der Waals surface area contributed by atoms with Gasteiger partial charge < -0.3 is 14.6 Å². The molecule has 2 aliphatic carbocycles. The van der Waals surface area contributed by atoms with Gasteiger partial charge in [0, 0.05) is 22.1 Å². The van der Waals surface area contributed by atoms with Crippen molar-refractivity contribution < 1.29 is 14.6 Å². The Kier molecular flexibility index (Phi) is 2.99. The third-order valence-electron chi connectivity index (χ3n) is 4.54. The lowest BCUT2D eigenvalue weighted by Gasteiger charge is -2.37. The van der Waals surface area contributed by atoms with Crippen molar-refractivity contribution in [2.45, 2.75) is 38.6 Å². The first kappa shape index (κ1) is 14.0. The maximum Gasteiger partial charge on any atom is 0.219 e. The quantitative estimate of drug-likeness (QED) is 0.748. The van der Waals surface area contributed by atoms with Crippen molar-refractivity contribution >= 4 is 5.57 Å². The summed E-state index contributed by atoms with van der Waals surface area (Å²) in [5.41, 5.74) is 4.35. The Hall–Kier alpha value is -1.60. The number of rotatable bonds is 0. The monoisotopic (exact) mass is 296 g/mol. The number of hydrogen-bond acceptors (Lipinski definition) is 3. The van der Waals surface area contributed by atoms with Gasteiger partial charge in [0.2, 0.25) is 5.79 Å². The molecule has 0 radical (unpaired) electrons. The van der Waals surface area contributed by atoms with Crippen LogP contribution in [0, 0.1) is 17.3 Å². The Labute approximate surface area is 130 Å². The topological polar surface area (TPSA) is 38.7 Å². The van der Waals surface area contributed by atoms with Gasteiger partial charge in [-0.05, 0) is 24.5 Å². The fourth-order valence-corrected chi connectivity index (χ4v) is 3.24. The third-order valence-corrected chi connectivity index (χ3v) is 4.54. The lowest BCUT2D eigenvalue weighted by Crippen LogP contribution is -2.41. The van der Waals surface area contributed by atoms with Crippen molar-refractivity contribution in [3.05, 3.63) is 41.0 Å². The Bertz CT molecular complexity index is 708. The van der Waals surface area contributed by atoms with Crippen LogP contribution in [0.4, 0.5) is 0 Å². The molecule has 1 aromatic rings. The molecule has 3 heteroatoms. The van der Waals surface area contributed by atoms with Crippen molar-refractivity contribution in [1.29, 1.82) is 0 Å². The molecule has 0 amide bonds. The molecule has 3 nitrogen and oxygen atoms in total. The molecular weight excluding hydrogens is 276 g/mol. The first-order valence-electron chi connectivity index (χ1n) is 7.83. The Morgan fingerprint density at radius 3 is 2.68 bits per heavy atom. The van der Waals surface area contributed by atoms with Gasteiger partial charge in [0.25, 0.3) is 0 Å². The molecule has 1 heterocycles. The second kappa shape index (κ2) is 4.70. The smallest absolute Gasteiger partial charge is 0.219 e. The lowest BCUT2D eigenvalue weighted by molar-refractivity contribution is -0.227. The minimum Gasteiger partial charge on any atom is -0.380 e. The average molecular weight is 296 g/mol. The van der Waals surface area contributed by atoms with Gasteiger partial charge in [-0.1, -0.05) is 43.9 Å². The van der Waals surface area contributed by atoms with Gasteiger partial charge in [-0.25, -0.2) is 0 Å². The van der Waals surface area contributed by atoms with E-state index in [-0.39, 0.29) is 5.41 Å². The van der Waals surface area contributed by atoms with Crippen LogP contribution >= 0.6 is 0 Å². The zero-order valence-corrected chi connectivity index (χ0v) is 13.0. The lowest BCUT2D eigenvalue weighted by atomic mass is 9.95. The minimum absolute atomic E-state index is 0.0416. The minimum atomic E-state index is -0.662. The second-order valence-corrected chi connectivity index (χ2v) is 7.08. The Morgan fingerprint density at radius 2 is 1.91 bits per heavy atom. The van der Waals surface area contributed by atoms with E-state index in [4.69, 9.17) is 9.47 Å². The van der Waals surface area contributed by atoms with E-state index in [1.54, 1.807) is 0 Å².